The fourth-order valence-corrected chi connectivity index (χ4v) is 2.38. The molecule has 172 valence electrons. The van der Waals surface area contributed by atoms with Gasteiger partial charge in [0, 0.05) is 6.92 Å². The molecule has 0 fully saturated rings. The Morgan fingerprint density at radius 2 is 1.53 bits per heavy atom. The average molecular weight is 431 g/mol. The Balaban J connectivity index is 5.51. The van der Waals surface area contributed by atoms with Gasteiger partial charge in [0.1, 0.15) is 30.3 Å². The maximum atomic E-state index is 12.9. The quantitative estimate of drug-likeness (QED) is 0.365. The Bertz CT molecular complexity index is 644. The highest BCUT2D eigenvalue weighted by Gasteiger charge is 2.34. The van der Waals surface area contributed by atoms with Gasteiger partial charge in [-0.05, 0) is 33.6 Å². The second-order valence-corrected chi connectivity index (χ2v) is 7.92. The zero-order valence-electron chi connectivity index (χ0n) is 18.5. The van der Waals surface area contributed by atoms with E-state index in [0.717, 1.165) is 6.92 Å². The van der Waals surface area contributed by atoms with Gasteiger partial charge < -0.3 is 30.5 Å². The van der Waals surface area contributed by atoms with Crippen LogP contribution >= 0.6 is 0 Å². The number of nitrogens with one attached hydrogen (secondary N) is 3. The van der Waals surface area contributed by atoms with Gasteiger partial charge in [0.05, 0.1) is 0 Å². The molecule has 0 radical (unpaired) electrons. The molecule has 0 aromatic carbocycles. The van der Waals surface area contributed by atoms with Crippen LogP contribution in [0.2, 0.25) is 0 Å². The van der Waals surface area contributed by atoms with E-state index in [9.17, 15) is 24.0 Å². The Morgan fingerprint density at radius 3 is 1.97 bits per heavy atom. The number of esters is 1. The van der Waals surface area contributed by atoms with E-state index >= 15 is 0 Å². The zero-order valence-corrected chi connectivity index (χ0v) is 18.5. The summed E-state index contributed by atoms with van der Waals surface area (Å²) in [6, 6.07) is -2.41. The summed E-state index contributed by atoms with van der Waals surface area (Å²) in [6.07, 6.45) is -1.36. The standard InChI is InChI=1S/C19H33N3O8/c1-8-10(2)14(22-18(28)30-19(5,6)7)17(27)21-15(11(3)29-12(4)23)16(26)20-9-13(24)25/h10-11,14-15H,8-9H2,1-7H3,(H,20,26)(H,21,27)(H,22,28)(H,24,25)/t10-,11-,14-,15-/m0/s1. The van der Waals surface area contributed by atoms with Gasteiger partial charge >= 0.3 is 18.0 Å². The first kappa shape index (κ1) is 27.1. The topological polar surface area (TPSA) is 160 Å². The Morgan fingerprint density at radius 1 is 0.967 bits per heavy atom. The fraction of sp³-hybridized carbons (Fsp3) is 0.737. The van der Waals surface area contributed by atoms with Gasteiger partial charge in [-0.1, -0.05) is 20.3 Å². The van der Waals surface area contributed by atoms with E-state index in [-0.39, 0.29) is 5.92 Å². The molecule has 0 heterocycles. The number of carboxylic acid groups (broad SMARTS) is 1. The van der Waals surface area contributed by atoms with Crippen molar-refractivity contribution in [1.82, 2.24) is 16.0 Å². The second kappa shape index (κ2) is 12.0. The van der Waals surface area contributed by atoms with Crippen LogP contribution in [0, 0.1) is 5.92 Å². The van der Waals surface area contributed by atoms with E-state index in [1.807, 2.05) is 6.92 Å². The maximum absolute atomic E-state index is 12.9. The lowest BCUT2D eigenvalue weighted by molar-refractivity contribution is -0.150. The number of ether oxygens (including phenoxy) is 2. The fourth-order valence-electron chi connectivity index (χ4n) is 2.38. The molecule has 0 rings (SSSR count). The van der Waals surface area contributed by atoms with Crippen LogP contribution in [-0.4, -0.2) is 65.3 Å². The molecule has 11 nitrogen and oxygen atoms in total. The molecule has 0 unspecified atom stereocenters. The molecule has 0 bridgehead atoms. The van der Waals surface area contributed by atoms with Crippen LogP contribution in [0.3, 0.4) is 0 Å². The van der Waals surface area contributed by atoms with E-state index in [2.05, 4.69) is 16.0 Å². The van der Waals surface area contributed by atoms with Crippen molar-refractivity contribution in [3.63, 3.8) is 0 Å². The third-order valence-corrected chi connectivity index (χ3v) is 3.98. The molecule has 0 aromatic rings. The first-order chi connectivity index (χ1) is 13.7. The SMILES string of the molecule is CC[C@H](C)[C@H](NC(=O)OC(C)(C)C)C(=O)N[C@H](C(=O)NCC(=O)O)[C@H](C)OC(C)=O. The van der Waals surface area contributed by atoms with E-state index in [1.54, 1.807) is 27.7 Å². The number of alkyl carbamates (subject to hydrolysis) is 1. The van der Waals surface area contributed by atoms with E-state index in [1.165, 1.54) is 6.92 Å². The van der Waals surface area contributed by atoms with Crippen LogP contribution in [0.1, 0.15) is 54.9 Å². The number of carbonyl (C=O) groups is 5. The lowest BCUT2D eigenvalue weighted by Crippen LogP contribution is -2.59. The summed E-state index contributed by atoms with van der Waals surface area (Å²) in [4.78, 5) is 59.4. The van der Waals surface area contributed by atoms with E-state index < -0.39 is 60.2 Å². The summed E-state index contributed by atoms with van der Waals surface area (Å²) in [6.45, 7) is 10.4. The van der Waals surface area contributed by atoms with Gasteiger partial charge in [-0.15, -0.1) is 0 Å². The van der Waals surface area contributed by atoms with Crippen molar-refractivity contribution in [3.8, 4) is 0 Å². The number of hydrogen-bond acceptors (Lipinski definition) is 7. The highest BCUT2D eigenvalue weighted by molar-refractivity contribution is 5.93. The first-order valence-electron chi connectivity index (χ1n) is 9.64. The van der Waals surface area contributed by atoms with Gasteiger partial charge in [-0.3, -0.25) is 19.2 Å². The molecule has 30 heavy (non-hydrogen) atoms. The van der Waals surface area contributed by atoms with Crippen LogP contribution in [0.4, 0.5) is 4.79 Å². The number of amides is 3. The predicted molar refractivity (Wildman–Crippen MR) is 106 cm³/mol. The van der Waals surface area contributed by atoms with Gasteiger partial charge in [0.25, 0.3) is 0 Å². The lowest BCUT2D eigenvalue weighted by Gasteiger charge is -2.29. The number of carboxylic acids is 1. The molecule has 0 saturated heterocycles. The molecular formula is C19H33N3O8. The molecule has 0 saturated carbocycles. The summed E-state index contributed by atoms with van der Waals surface area (Å²) >= 11 is 0. The monoisotopic (exact) mass is 431 g/mol. The number of rotatable bonds is 10. The average Bonchev–Trinajstić information content (AvgIpc) is 2.59. The van der Waals surface area contributed by atoms with Crippen molar-refractivity contribution in [2.45, 2.75) is 78.7 Å². The minimum atomic E-state index is -1.37. The molecule has 0 spiro atoms. The van der Waals surface area contributed by atoms with Crippen LogP contribution in [-0.2, 0) is 28.7 Å². The third-order valence-electron chi connectivity index (χ3n) is 3.98. The van der Waals surface area contributed by atoms with E-state index in [0.29, 0.717) is 6.42 Å². The molecule has 4 N–H and O–H groups in total. The van der Waals surface area contributed by atoms with Gasteiger partial charge in [-0.25, -0.2) is 4.79 Å². The smallest absolute Gasteiger partial charge is 0.408 e. The molecule has 0 aromatic heterocycles. The maximum Gasteiger partial charge on any atom is 0.408 e. The van der Waals surface area contributed by atoms with Crippen molar-refractivity contribution in [2.24, 2.45) is 5.92 Å². The zero-order chi connectivity index (χ0) is 23.6. The number of hydrogen-bond donors (Lipinski definition) is 4. The Kier molecular flexibility index (Phi) is 10.8. The molecule has 4 atom stereocenters. The molecular weight excluding hydrogens is 398 g/mol. The van der Waals surface area contributed by atoms with Crippen molar-refractivity contribution in [2.75, 3.05) is 6.54 Å². The van der Waals surface area contributed by atoms with Crippen LogP contribution in [0.5, 0.6) is 0 Å². The summed E-state index contributed by atoms with van der Waals surface area (Å²) in [5, 5.41) is 15.8. The van der Waals surface area contributed by atoms with Gasteiger partial charge in [0.15, 0.2) is 0 Å². The minimum Gasteiger partial charge on any atom is -0.480 e. The first-order valence-corrected chi connectivity index (χ1v) is 9.64. The Hall–Kier alpha value is -2.85. The van der Waals surface area contributed by atoms with Crippen molar-refractivity contribution >= 4 is 29.8 Å². The summed E-state index contributed by atoms with van der Waals surface area (Å²) < 4.78 is 10.2. The molecule has 0 aliphatic rings. The van der Waals surface area contributed by atoms with Gasteiger partial charge in [0.2, 0.25) is 11.8 Å². The normalized spacial score (nSPS) is 15.0. The summed E-state index contributed by atoms with van der Waals surface area (Å²) in [7, 11) is 0. The minimum absolute atomic E-state index is 0.315. The van der Waals surface area contributed by atoms with Crippen LogP contribution < -0.4 is 16.0 Å². The number of carbonyl (C=O) groups excluding carboxylic acids is 4. The van der Waals surface area contributed by atoms with Crippen LogP contribution in [0.25, 0.3) is 0 Å². The highest BCUT2D eigenvalue weighted by Crippen LogP contribution is 2.12. The summed E-state index contributed by atoms with van der Waals surface area (Å²) in [5.41, 5.74) is -0.774. The molecule has 0 aliphatic carbocycles. The van der Waals surface area contributed by atoms with Crippen molar-refractivity contribution < 1.29 is 38.6 Å². The second-order valence-electron chi connectivity index (χ2n) is 7.92. The molecule has 3 amide bonds. The lowest BCUT2D eigenvalue weighted by atomic mass is 9.97. The van der Waals surface area contributed by atoms with Gasteiger partial charge in [-0.2, -0.15) is 0 Å². The number of aliphatic carboxylic acids is 1. The largest absolute Gasteiger partial charge is 0.480 e. The Labute approximate surface area is 176 Å². The highest BCUT2D eigenvalue weighted by atomic mass is 16.6. The van der Waals surface area contributed by atoms with Crippen molar-refractivity contribution in [1.29, 1.82) is 0 Å². The van der Waals surface area contributed by atoms with Crippen molar-refractivity contribution in [3.05, 3.63) is 0 Å². The molecule has 0 aliphatic heterocycles. The summed E-state index contributed by atoms with van der Waals surface area (Å²) in [5.74, 6) is -3.83. The third kappa shape index (κ3) is 10.6. The molecule has 11 heteroatoms. The predicted octanol–water partition coefficient (Wildman–Crippen LogP) is 0.563. The van der Waals surface area contributed by atoms with E-state index in [4.69, 9.17) is 14.6 Å². The van der Waals surface area contributed by atoms with Crippen LogP contribution in [0.15, 0.2) is 0 Å².